The number of hydrogen-bond donors (Lipinski definition) is 0. The number of para-hydroxylation sites is 3. The number of benzene rings is 2. The zero-order valence-electron chi connectivity index (χ0n) is 15.6. The number of nitrogens with zero attached hydrogens (tertiary/aromatic N) is 4. The van der Waals surface area contributed by atoms with E-state index >= 15 is 0 Å². The van der Waals surface area contributed by atoms with Crippen molar-refractivity contribution in [1.82, 2.24) is 14.5 Å². The zero-order chi connectivity index (χ0) is 18.5. The maximum atomic E-state index is 12.2. The summed E-state index contributed by atoms with van der Waals surface area (Å²) in [4.78, 5) is 21.4. The molecule has 3 aromatic rings. The molecule has 0 saturated carbocycles. The van der Waals surface area contributed by atoms with Crippen LogP contribution in [-0.2, 0) is 6.54 Å². The third kappa shape index (κ3) is 4.19. The second-order valence-corrected chi connectivity index (χ2v) is 7.11. The quantitative estimate of drug-likeness (QED) is 0.632. The first-order valence-electron chi connectivity index (χ1n) is 9.78. The van der Waals surface area contributed by atoms with Crippen LogP contribution in [0.1, 0.15) is 12.8 Å². The smallest absolute Gasteiger partial charge is 0.269 e. The van der Waals surface area contributed by atoms with Crippen molar-refractivity contribution in [3.63, 3.8) is 0 Å². The molecule has 1 aromatic heterocycles. The Morgan fingerprint density at radius 3 is 2.33 bits per heavy atom. The lowest BCUT2D eigenvalue weighted by molar-refractivity contribution is 0.251. The standard InChI is InChI=1S/C22H26N4O/c27-22-18-23-20-10-4-5-11-21(20)26(22)13-7-6-12-24-14-16-25(17-15-24)19-8-2-1-3-9-19/h1-5,8-11,18H,6-7,12-17H2. The van der Waals surface area contributed by atoms with Crippen molar-refractivity contribution in [1.29, 1.82) is 0 Å². The van der Waals surface area contributed by atoms with Crippen molar-refractivity contribution in [3.8, 4) is 0 Å². The molecule has 0 atom stereocenters. The van der Waals surface area contributed by atoms with E-state index in [-0.39, 0.29) is 5.56 Å². The zero-order valence-corrected chi connectivity index (χ0v) is 15.6. The molecule has 1 saturated heterocycles. The number of aryl methyl sites for hydroxylation is 1. The van der Waals surface area contributed by atoms with Crippen LogP contribution in [0.15, 0.2) is 65.6 Å². The third-order valence-electron chi connectivity index (χ3n) is 5.35. The lowest BCUT2D eigenvalue weighted by Crippen LogP contribution is -2.46. The highest BCUT2D eigenvalue weighted by molar-refractivity contribution is 5.74. The van der Waals surface area contributed by atoms with Gasteiger partial charge in [0.2, 0.25) is 0 Å². The molecule has 4 rings (SSSR count). The Bertz CT molecular complexity index is 930. The van der Waals surface area contributed by atoms with E-state index in [0.717, 1.165) is 63.1 Å². The molecule has 1 aliphatic heterocycles. The summed E-state index contributed by atoms with van der Waals surface area (Å²) < 4.78 is 1.86. The lowest BCUT2D eigenvalue weighted by Gasteiger charge is -2.36. The number of piperazine rings is 1. The largest absolute Gasteiger partial charge is 0.369 e. The van der Waals surface area contributed by atoms with Crippen LogP contribution >= 0.6 is 0 Å². The molecule has 0 N–H and O–H groups in total. The van der Waals surface area contributed by atoms with Crippen molar-refractivity contribution in [2.24, 2.45) is 0 Å². The van der Waals surface area contributed by atoms with E-state index in [2.05, 4.69) is 45.1 Å². The van der Waals surface area contributed by atoms with Gasteiger partial charge < -0.3 is 9.47 Å². The van der Waals surface area contributed by atoms with Crippen molar-refractivity contribution in [2.75, 3.05) is 37.6 Å². The summed E-state index contributed by atoms with van der Waals surface area (Å²) in [5.74, 6) is 0. The number of rotatable bonds is 6. The molecule has 1 fully saturated rings. The van der Waals surface area contributed by atoms with Crippen molar-refractivity contribution in [2.45, 2.75) is 19.4 Å². The summed E-state index contributed by atoms with van der Waals surface area (Å²) in [5, 5.41) is 0. The van der Waals surface area contributed by atoms with Crippen LogP contribution in [0.5, 0.6) is 0 Å². The highest BCUT2D eigenvalue weighted by atomic mass is 16.1. The van der Waals surface area contributed by atoms with Gasteiger partial charge >= 0.3 is 0 Å². The highest BCUT2D eigenvalue weighted by Gasteiger charge is 2.16. The Kier molecular flexibility index (Phi) is 5.49. The van der Waals surface area contributed by atoms with Crippen LogP contribution in [0, 0.1) is 0 Å². The molecule has 2 heterocycles. The molecule has 5 heteroatoms. The minimum Gasteiger partial charge on any atom is -0.369 e. The Hall–Kier alpha value is -2.66. The number of aromatic nitrogens is 2. The van der Waals surface area contributed by atoms with Crippen LogP contribution < -0.4 is 10.5 Å². The average molecular weight is 362 g/mol. The fraction of sp³-hybridized carbons (Fsp3) is 0.364. The molecule has 140 valence electrons. The topological polar surface area (TPSA) is 41.4 Å². The van der Waals surface area contributed by atoms with E-state index in [1.54, 1.807) is 0 Å². The average Bonchev–Trinajstić information content (AvgIpc) is 2.73. The first-order chi connectivity index (χ1) is 13.3. The van der Waals surface area contributed by atoms with E-state index in [1.165, 1.54) is 11.9 Å². The minimum absolute atomic E-state index is 0.00910. The summed E-state index contributed by atoms with van der Waals surface area (Å²) >= 11 is 0. The molecule has 0 radical (unpaired) electrons. The van der Waals surface area contributed by atoms with E-state index in [0.29, 0.717) is 0 Å². The van der Waals surface area contributed by atoms with Gasteiger partial charge in [-0.1, -0.05) is 30.3 Å². The van der Waals surface area contributed by atoms with Gasteiger partial charge in [-0.25, -0.2) is 4.98 Å². The molecule has 5 nitrogen and oxygen atoms in total. The molecule has 0 unspecified atom stereocenters. The predicted octanol–water partition coefficient (Wildman–Crippen LogP) is 3.00. The summed E-state index contributed by atoms with van der Waals surface area (Å²) in [7, 11) is 0. The van der Waals surface area contributed by atoms with E-state index in [1.807, 2.05) is 28.8 Å². The number of unbranched alkanes of at least 4 members (excludes halogenated alkanes) is 1. The van der Waals surface area contributed by atoms with E-state index in [9.17, 15) is 4.79 Å². The Morgan fingerprint density at radius 2 is 1.52 bits per heavy atom. The van der Waals surface area contributed by atoms with Crippen LogP contribution in [0.25, 0.3) is 11.0 Å². The predicted molar refractivity (Wildman–Crippen MR) is 110 cm³/mol. The monoisotopic (exact) mass is 362 g/mol. The van der Waals surface area contributed by atoms with Gasteiger partial charge in [0.1, 0.15) is 0 Å². The van der Waals surface area contributed by atoms with Crippen LogP contribution in [0.2, 0.25) is 0 Å². The first-order valence-corrected chi connectivity index (χ1v) is 9.78. The van der Waals surface area contributed by atoms with Gasteiger partial charge in [0.15, 0.2) is 0 Å². The fourth-order valence-corrected chi connectivity index (χ4v) is 3.82. The van der Waals surface area contributed by atoms with Gasteiger partial charge in [-0.3, -0.25) is 9.69 Å². The molecule has 1 aliphatic rings. The molecular weight excluding hydrogens is 336 g/mol. The maximum Gasteiger partial charge on any atom is 0.269 e. The number of hydrogen-bond acceptors (Lipinski definition) is 4. The Balaban J connectivity index is 1.26. The SMILES string of the molecule is O=c1cnc2ccccc2n1CCCCN1CCN(c2ccccc2)CC1. The molecule has 0 aliphatic carbocycles. The molecule has 0 bridgehead atoms. The van der Waals surface area contributed by atoms with Gasteiger partial charge in [-0.2, -0.15) is 0 Å². The summed E-state index contributed by atoms with van der Waals surface area (Å²) in [5.41, 5.74) is 3.13. The van der Waals surface area contributed by atoms with Gasteiger partial charge in [-0.05, 0) is 43.7 Å². The van der Waals surface area contributed by atoms with Crippen LogP contribution in [0.3, 0.4) is 0 Å². The second-order valence-electron chi connectivity index (χ2n) is 7.11. The second kappa shape index (κ2) is 8.35. The van der Waals surface area contributed by atoms with Gasteiger partial charge in [0, 0.05) is 38.4 Å². The Morgan fingerprint density at radius 1 is 0.815 bits per heavy atom. The third-order valence-corrected chi connectivity index (χ3v) is 5.35. The summed E-state index contributed by atoms with van der Waals surface area (Å²) in [6, 6.07) is 18.5. The lowest BCUT2D eigenvalue weighted by atomic mass is 10.2. The minimum atomic E-state index is -0.00910. The molecule has 2 aromatic carbocycles. The summed E-state index contributed by atoms with van der Waals surface area (Å²) in [6.45, 7) is 6.23. The number of anilines is 1. The van der Waals surface area contributed by atoms with E-state index < -0.39 is 0 Å². The Labute approximate surface area is 159 Å². The molecule has 27 heavy (non-hydrogen) atoms. The highest BCUT2D eigenvalue weighted by Crippen LogP contribution is 2.16. The van der Waals surface area contributed by atoms with Crippen LogP contribution in [0.4, 0.5) is 5.69 Å². The maximum absolute atomic E-state index is 12.2. The van der Waals surface area contributed by atoms with Crippen molar-refractivity contribution in [3.05, 3.63) is 71.1 Å². The van der Waals surface area contributed by atoms with Crippen molar-refractivity contribution >= 4 is 16.7 Å². The van der Waals surface area contributed by atoms with Gasteiger partial charge in [-0.15, -0.1) is 0 Å². The number of fused-ring (bicyclic) bond motifs is 1. The molecule has 0 amide bonds. The van der Waals surface area contributed by atoms with Gasteiger partial charge in [0.05, 0.1) is 17.2 Å². The molecule has 0 spiro atoms. The normalized spacial score (nSPS) is 15.3. The van der Waals surface area contributed by atoms with Crippen molar-refractivity contribution < 1.29 is 0 Å². The fourth-order valence-electron chi connectivity index (χ4n) is 3.82. The van der Waals surface area contributed by atoms with Crippen LogP contribution in [-0.4, -0.2) is 47.2 Å². The first kappa shape index (κ1) is 17.7. The molecular formula is C22H26N4O. The van der Waals surface area contributed by atoms with E-state index in [4.69, 9.17) is 0 Å². The van der Waals surface area contributed by atoms with Gasteiger partial charge in [0.25, 0.3) is 5.56 Å². The summed E-state index contributed by atoms with van der Waals surface area (Å²) in [6.07, 6.45) is 3.55.